The SMILES string of the molecule is CC(C)[C@H](O)[C@@H]1CCCN1C. The van der Waals surface area contributed by atoms with Gasteiger partial charge in [0.15, 0.2) is 0 Å². The minimum atomic E-state index is -0.137. The average molecular weight is 157 g/mol. The van der Waals surface area contributed by atoms with Crippen molar-refractivity contribution in [2.45, 2.75) is 38.8 Å². The highest BCUT2D eigenvalue weighted by Gasteiger charge is 2.29. The molecule has 0 aromatic rings. The van der Waals surface area contributed by atoms with Crippen LogP contribution in [0.2, 0.25) is 0 Å². The Morgan fingerprint density at radius 3 is 2.45 bits per heavy atom. The minimum absolute atomic E-state index is 0.137. The zero-order chi connectivity index (χ0) is 8.43. The number of rotatable bonds is 2. The Hall–Kier alpha value is -0.0800. The first-order valence-electron chi connectivity index (χ1n) is 4.51. The summed E-state index contributed by atoms with van der Waals surface area (Å²) in [4.78, 5) is 2.27. The second-order valence-electron chi connectivity index (χ2n) is 3.92. The fraction of sp³-hybridized carbons (Fsp3) is 1.00. The van der Waals surface area contributed by atoms with E-state index in [0.29, 0.717) is 12.0 Å². The topological polar surface area (TPSA) is 23.5 Å². The predicted octanol–water partition coefficient (Wildman–Crippen LogP) is 1.10. The van der Waals surface area contributed by atoms with Crippen molar-refractivity contribution in [3.05, 3.63) is 0 Å². The molecule has 0 aliphatic carbocycles. The van der Waals surface area contributed by atoms with Gasteiger partial charge in [0, 0.05) is 6.04 Å². The van der Waals surface area contributed by atoms with Gasteiger partial charge in [-0.15, -0.1) is 0 Å². The molecule has 0 unspecified atom stereocenters. The molecule has 0 amide bonds. The van der Waals surface area contributed by atoms with Crippen LogP contribution < -0.4 is 0 Å². The summed E-state index contributed by atoms with van der Waals surface area (Å²) in [6.07, 6.45) is 2.27. The van der Waals surface area contributed by atoms with Crippen LogP contribution in [0.25, 0.3) is 0 Å². The zero-order valence-electron chi connectivity index (χ0n) is 7.75. The highest BCUT2D eigenvalue weighted by Crippen LogP contribution is 2.21. The molecule has 0 aromatic heterocycles. The maximum absolute atomic E-state index is 9.75. The highest BCUT2D eigenvalue weighted by atomic mass is 16.3. The smallest absolute Gasteiger partial charge is 0.0718 e. The van der Waals surface area contributed by atoms with E-state index in [-0.39, 0.29) is 6.10 Å². The predicted molar refractivity (Wildman–Crippen MR) is 46.5 cm³/mol. The van der Waals surface area contributed by atoms with Crippen molar-refractivity contribution >= 4 is 0 Å². The van der Waals surface area contributed by atoms with Gasteiger partial charge in [0.05, 0.1) is 6.10 Å². The maximum Gasteiger partial charge on any atom is 0.0718 e. The molecule has 1 aliphatic rings. The van der Waals surface area contributed by atoms with Gasteiger partial charge in [0.1, 0.15) is 0 Å². The van der Waals surface area contributed by atoms with Crippen molar-refractivity contribution in [2.24, 2.45) is 5.92 Å². The number of nitrogens with zero attached hydrogens (tertiary/aromatic N) is 1. The van der Waals surface area contributed by atoms with Crippen molar-refractivity contribution in [3.8, 4) is 0 Å². The molecule has 1 aliphatic heterocycles. The third-order valence-corrected chi connectivity index (χ3v) is 2.65. The van der Waals surface area contributed by atoms with Gasteiger partial charge >= 0.3 is 0 Å². The van der Waals surface area contributed by atoms with E-state index in [1.165, 1.54) is 6.42 Å². The molecule has 11 heavy (non-hydrogen) atoms. The Morgan fingerprint density at radius 2 is 2.09 bits per heavy atom. The molecule has 1 saturated heterocycles. The molecule has 0 aromatic carbocycles. The fourth-order valence-electron chi connectivity index (χ4n) is 1.81. The van der Waals surface area contributed by atoms with Gasteiger partial charge < -0.3 is 10.0 Å². The van der Waals surface area contributed by atoms with Gasteiger partial charge in [-0.2, -0.15) is 0 Å². The number of hydrogen-bond donors (Lipinski definition) is 1. The molecular weight excluding hydrogens is 138 g/mol. The quantitative estimate of drug-likeness (QED) is 0.649. The van der Waals surface area contributed by atoms with Gasteiger partial charge in [0.2, 0.25) is 0 Å². The summed E-state index contributed by atoms with van der Waals surface area (Å²) in [5, 5.41) is 9.75. The molecule has 1 rings (SSSR count). The molecule has 0 bridgehead atoms. The van der Waals surface area contributed by atoms with Crippen LogP contribution in [0.15, 0.2) is 0 Å². The molecule has 1 heterocycles. The zero-order valence-corrected chi connectivity index (χ0v) is 7.75. The third kappa shape index (κ3) is 1.94. The summed E-state index contributed by atoms with van der Waals surface area (Å²) in [5.41, 5.74) is 0. The molecule has 2 heteroatoms. The molecule has 1 fully saturated rings. The summed E-state index contributed by atoms with van der Waals surface area (Å²) >= 11 is 0. The van der Waals surface area contributed by atoms with Crippen molar-refractivity contribution in [2.75, 3.05) is 13.6 Å². The summed E-state index contributed by atoms with van der Waals surface area (Å²) in [7, 11) is 2.10. The Labute approximate surface area is 69.2 Å². The van der Waals surface area contributed by atoms with Gasteiger partial charge in [-0.1, -0.05) is 13.8 Å². The monoisotopic (exact) mass is 157 g/mol. The van der Waals surface area contributed by atoms with E-state index in [1.54, 1.807) is 0 Å². The number of aliphatic hydroxyl groups excluding tert-OH is 1. The lowest BCUT2D eigenvalue weighted by atomic mass is 9.98. The van der Waals surface area contributed by atoms with E-state index in [2.05, 4.69) is 25.8 Å². The molecule has 2 nitrogen and oxygen atoms in total. The lowest BCUT2D eigenvalue weighted by Crippen LogP contribution is -2.39. The van der Waals surface area contributed by atoms with Crippen molar-refractivity contribution in [1.82, 2.24) is 4.90 Å². The Morgan fingerprint density at radius 1 is 1.45 bits per heavy atom. The van der Waals surface area contributed by atoms with E-state index in [0.717, 1.165) is 13.0 Å². The summed E-state index contributed by atoms with van der Waals surface area (Å²) in [6.45, 7) is 5.31. The molecular formula is C9H19NO. The van der Waals surface area contributed by atoms with Crippen molar-refractivity contribution in [3.63, 3.8) is 0 Å². The van der Waals surface area contributed by atoms with Crippen molar-refractivity contribution < 1.29 is 5.11 Å². The number of likely N-dealkylation sites (N-methyl/N-ethyl adjacent to an activating group) is 1. The van der Waals surface area contributed by atoms with Crippen LogP contribution in [0.3, 0.4) is 0 Å². The summed E-state index contributed by atoms with van der Waals surface area (Å²) in [6, 6.07) is 0.412. The van der Waals surface area contributed by atoms with Crippen LogP contribution in [0, 0.1) is 5.92 Å². The fourth-order valence-corrected chi connectivity index (χ4v) is 1.81. The van der Waals surface area contributed by atoms with E-state index in [1.807, 2.05) is 0 Å². The highest BCUT2D eigenvalue weighted by molar-refractivity contribution is 4.84. The normalized spacial score (nSPS) is 29.7. The van der Waals surface area contributed by atoms with Gasteiger partial charge in [-0.25, -0.2) is 0 Å². The molecule has 0 radical (unpaired) electrons. The van der Waals surface area contributed by atoms with Crippen molar-refractivity contribution in [1.29, 1.82) is 0 Å². The van der Waals surface area contributed by atoms with Crippen LogP contribution in [0.5, 0.6) is 0 Å². The van der Waals surface area contributed by atoms with Crippen LogP contribution >= 0.6 is 0 Å². The molecule has 0 spiro atoms. The Bertz CT molecular complexity index is 125. The van der Waals surface area contributed by atoms with E-state index in [9.17, 15) is 5.11 Å². The van der Waals surface area contributed by atoms with Gasteiger partial charge in [-0.05, 0) is 32.4 Å². The molecule has 0 saturated carbocycles. The second-order valence-corrected chi connectivity index (χ2v) is 3.92. The standard InChI is InChI=1S/C9H19NO/c1-7(2)9(11)8-5-4-6-10(8)3/h7-9,11H,4-6H2,1-3H3/t8-,9-/m0/s1. The number of aliphatic hydroxyl groups is 1. The van der Waals surface area contributed by atoms with Crippen LogP contribution in [-0.2, 0) is 0 Å². The van der Waals surface area contributed by atoms with Crippen LogP contribution in [0.1, 0.15) is 26.7 Å². The minimum Gasteiger partial charge on any atom is -0.391 e. The summed E-state index contributed by atoms with van der Waals surface area (Å²) < 4.78 is 0. The summed E-state index contributed by atoms with van der Waals surface area (Å²) in [5.74, 6) is 0.389. The Balaban J connectivity index is 2.45. The second kappa shape index (κ2) is 3.55. The third-order valence-electron chi connectivity index (χ3n) is 2.65. The first kappa shape index (κ1) is 9.01. The Kier molecular flexibility index (Phi) is 2.90. The van der Waals surface area contributed by atoms with E-state index >= 15 is 0 Å². The van der Waals surface area contributed by atoms with Gasteiger partial charge in [0.25, 0.3) is 0 Å². The van der Waals surface area contributed by atoms with Gasteiger partial charge in [-0.3, -0.25) is 0 Å². The first-order valence-corrected chi connectivity index (χ1v) is 4.51. The molecule has 66 valence electrons. The lowest BCUT2D eigenvalue weighted by molar-refractivity contribution is 0.0492. The lowest BCUT2D eigenvalue weighted by Gasteiger charge is -2.27. The number of hydrogen-bond acceptors (Lipinski definition) is 2. The van der Waals surface area contributed by atoms with Crippen LogP contribution in [-0.4, -0.2) is 35.7 Å². The average Bonchev–Trinajstić information content (AvgIpc) is 2.33. The first-order chi connectivity index (χ1) is 5.13. The largest absolute Gasteiger partial charge is 0.391 e. The van der Waals surface area contributed by atoms with E-state index in [4.69, 9.17) is 0 Å². The molecule has 1 N–H and O–H groups in total. The van der Waals surface area contributed by atoms with Crippen LogP contribution in [0.4, 0.5) is 0 Å². The van der Waals surface area contributed by atoms with E-state index < -0.39 is 0 Å². The molecule has 2 atom stereocenters. The maximum atomic E-state index is 9.75. The number of likely N-dealkylation sites (tertiary alicyclic amines) is 1.